The van der Waals surface area contributed by atoms with Gasteiger partial charge in [0.25, 0.3) is 0 Å². The molecule has 1 atom stereocenters. The van der Waals surface area contributed by atoms with Gasteiger partial charge in [-0.05, 0) is 26.4 Å². The summed E-state index contributed by atoms with van der Waals surface area (Å²) in [6, 6.07) is 0. The molecule has 0 aliphatic carbocycles. The average molecular weight is 204 g/mol. The molecule has 1 N–H and O–H groups in total. The summed E-state index contributed by atoms with van der Waals surface area (Å²) in [5, 5.41) is 3.60. The minimum Gasteiger partial charge on any atom is -0.379 e. The van der Waals surface area contributed by atoms with Crippen LogP contribution in [-0.2, 0) is 4.74 Å². The van der Waals surface area contributed by atoms with Gasteiger partial charge in [-0.25, -0.2) is 0 Å². The Morgan fingerprint density at radius 2 is 2.15 bits per heavy atom. The zero-order chi connectivity index (χ0) is 9.52. The molecule has 78 valence electrons. The van der Waals surface area contributed by atoms with Gasteiger partial charge in [-0.1, -0.05) is 0 Å². The maximum atomic E-state index is 5.27. The highest BCUT2D eigenvalue weighted by molar-refractivity contribution is 7.80. The summed E-state index contributed by atoms with van der Waals surface area (Å²) in [4.78, 5) is 2.45. The molecule has 1 heterocycles. The van der Waals surface area contributed by atoms with Crippen LogP contribution in [0, 0.1) is 0 Å². The molecule has 1 saturated heterocycles. The normalized spacial score (nSPS) is 21.7. The lowest BCUT2D eigenvalue weighted by atomic mass is 10.3. The topological polar surface area (TPSA) is 24.5 Å². The molecule has 3 nitrogen and oxygen atoms in total. The van der Waals surface area contributed by atoms with E-state index < -0.39 is 0 Å². The molecule has 0 aromatic rings. The first-order valence-electron chi connectivity index (χ1n) is 5.00. The predicted molar refractivity (Wildman–Crippen MR) is 58.3 cm³/mol. The summed E-state index contributed by atoms with van der Waals surface area (Å²) < 4.78 is 5.27. The number of thiol groups is 1. The van der Waals surface area contributed by atoms with E-state index in [2.05, 4.69) is 29.8 Å². The Hall–Kier alpha value is 0.230. The molecule has 1 fully saturated rings. The van der Waals surface area contributed by atoms with E-state index in [0.29, 0.717) is 5.37 Å². The molecule has 13 heavy (non-hydrogen) atoms. The lowest BCUT2D eigenvalue weighted by Crippen LogP contribution is -2.38. The number of hydrogen-bond acceptors (Lipinski definition) is 4. The van der Waals surface area contributed by atoms with Crippen LogP contribution in [0.4, 0.5) is 0 Å². The summed E-state index contributed by atoms with van der Waals surface area (Å²) in [6.45, 7) is 8.27. The number of rotatable bonds is 5. The molecule has 0 aromatic heterocycles. The molecular formula is C9H20N2OS. The quantitative estimate of drug-likeness (QED) is 0.389. The second-order valence-electron chi connectivity index (χ2n) is 3.44. The molecule has 1 rings (SSSR count). The molecule has 1 aliphatic heterocycles. The second-order valence-corrected chi connectivity index (χ2v) is 4.21. The van der Waals surface area contributed by atoms with E-state index in [4.69, 9.17) is 4.74 Å². The van der Waals surface area contributed by atoms with E-state index in [0.717, 1.165) is 32.8 Å². The summed E-state index contributed by atoms with van der Waals surface area (Å²) >= 11 is 4.25. The summed E-state index contributed by atoms with van der Waals surface area (Å²) in [5.74, 6) is 0. The van der Waals surface area contributed by atoms with Crippen LogP contribution < -0.4 is 5.32 Å². The number of morpholine rings is 1. The Morgan fingerprint density at radius 3 is 2.77 bits per heavy atom. The minimum absolute atomic E-state index is 0.310. The van der Waals surface area contributed by atoms with Crippen molar-refractivity contribution < 1.29 is 4.74 Å². The van der Waals surface area contributed by atoms with Crippen molar-refractivity contribution in [2.75, 3.05) is 39.4 Å². The lowest BCUT2D eigenvalue weighted by molar-refractivity contribution is 0.0374. The number of nitrogens with one attached hydrogen (secondary N) is 1. The highest BCUT2D eigenvalue weighted by atomic mass is 32.1. The molecule has 0 spiro atoms. The van der Waals surface area contributed by atoms with Gasteiger partial charge in [-0.15, -0.1) is 0 Å². The van der Waals surface area contributed by atoms with Crippen molar-refractivity contribution in [1.29, 1.82) is 0 Å². The summed E-state index contributed by atoms with van der Waals surface area (Å²) in [7, 11) is 0. The van der Waals surface area contributed by atoms with Crippen molar-refractivity contribution in [2.45, 2.75) is 18.7 Å². The third-order valence-corrected chi connectivity index (χ3v) is 2.38. The fraction of sp³-hybridized carbons (Fsp3) is 1.00. The highest BCUT2D eigenvalue weighted by Crippen LogP contribution is 1.97. The smallest absolute Gasteiger partial charge is 0.0594 e. The van der Waals surface area contributed by atoms with Gasteiger partial charge in [-0.2, -0.15) is 12.6 Å². The van der Waals surface area contributed by atoms with Crippen LogP contribution in [0.5, 0.6) is 0 Å². The van der Waals surface area contributed by atoms with Gasteiger partial charge < -0.3 is 10.1 Å². The Kier molecular flexibility index (Phi) is 5.78. The first-order chi connectivity index (χ1) is 6.29. The highest BCUT2D eigenvalue weighted by Gasteiger charge is 2.08. The van der Waals surface area contributed by atoms with Crippen molar-refractivity contribution in [3.05, 3.63) is 0 Å². The Balaban J connectivity index is 1.92. The number of ether oxygens (including phenoxy) is 1. The molecule has 0 radical (unpaired) electrons. The minimum atomic E-state index is 0.310. The number of hydrogen-bond donors (Lipinski definition) is 2. The van der Waals surface area contributed by atoms with Crippen LogP contribution in [0.25, 0.3) is 0 Å². The van der Waals surface area contributed by atoms with Gasteiger partial charge in [0, 0.05) is 18.5 Å². The van der Waals surface area contributed by atoms with Gasteiger partial charge in [0.15, 0.2) is 0 Å². The maximum absolute atomic E-state index is 5.27. The van der Waals surface area contributed by atoms with Gasteiger partial charge in [-0.3, -0.25) is 4.90 Å². The SMILES string of the molecule is CC(S)NCCCN1CCOCC1. The molecule has 0 saturated carbocycles. The van der Waals surface area contributed by atoms with E-state index in [1.807, 2.05) is 0 Å². The third-order valence-electron chi connectivity index (χ3n) is 2.19. The fourth-order valence-corrected chi connectivity index (χ4v) is 1.57. The third kappa shape index (κ3) is 5.52. The molecule has 0 amide bonds. The van der Waals surface area contributed by atoms with E-state index in [-0.39, 0.29) is 0 Å². The summed E-state index contributed by atoms with van der Waals surface area (Å²) in [6.07, 6.45) is 1.20. The van der Waals surface area contributed by atoms with Gasteiger partial charge >= 0.3 is 0 Å². The Bertz CT molecular complexity index is 127. The first kappa shape index (κ1) is 11.3. The van der Waals surface area contributed by atoms with Crippen LogP contribution in [-0.4, -0.2) is 49.7 Å². The number of nitrogens with zero attached hydrogens (tertiary/aromatic N) is 1. The van der Waals surface area contributed by atoms with Crippen LogP contribution in [0.2, 0.25) is 0 Å². The van der Waals surface area contributed by atoms with Gasteiger partial charge in [0.1, 0.15) is 0 Å². The maximum Gasteiger partial charge on any atom is 0.0594 e. The van der Waals surface area contributed by atoms with E-state index in [1.165, 1.54) is 13.0 Å². The standard InChI is InChI=1S/C9H20N2OS/c1-9(13)10-3-2-4-11-5-7-12-8-6-11/h9-10,13H,2-8H2,1H3. The zero-order valence-electron chi connectivity index (χ0n) is 8.33. The van der Waals surface area contributed by atoms with Crippen LogP contribution in [0.15, 0.2) is 0 Å². The monoisotopic (exact) mass is 204 g/mol. The molecule has 0 aromatic carbocycles. The molecule has 4 heteroatoms. The van der Waals surface area contributed by atoms with Gasteiger partial charge in [0.2, 0.25) is 0 Å². The van der Waals surface area contributed by atoms with Crippen molar-refractivity contribution in [3.63, 3.8) is 0 Å². The van der Waals surface area contributed by atoms with Crippen LogP contribution in [0.3, 0.4) is 0 Å². The van der Waals surface area contributed by atoms with Gasteiger partial charge in [0.05, 0.1) is 13.2 Å². The van der Waals surface area contributed by atoms with E-state index in [1.54, 1.807) is 0 Å². The molecular weight excluding hydrogens is 184 g/mol. The van der Waals surface area contributed by atoms with Crippen LogP contribution in [0.1, 0.15) is 13.3 Å². The first-order valence-corrected chi connectivity index (χ1v) is 5.52. The van der Waals surface area contributed by atoms with Crippen molar-refractivity contribution in [1.82, 2.24) is 10.2 Å². The average Bonchev–Trinajstić information content (AvgIpc) is 2.14. The second kappa shape index (κ2) is 6.65. The van der Waals surface area contributed by atoms with Crippen LogP contribution >= 0.6 is 12.6 Å². The summed E-state index contributed by atoms with van der Waals surface area (Å²) in [5.41, 5.74) is 0. The largest absolute Gasteiger partial charge is 0.379 e. The molecule has 0 bridgehead atoms. The Labute approximate surface area is 86.2 Å². The van der Waals surface area contributed by atoms with Crippen molar-refractivity contribution >= 4 is 12.6 Å². The lowest BCUT2D eigenvalue weighted by Gasteiger charge is -2.26. The molecule has 1 unspecified atom stereocenters. The van der Waals surface area contributed by atoms with Crippen molar-refractivity contribution in [3.8, 4) is 0 Å². The van der Waals surface area contributed by atoms with Crippen molar-refractivity contribution in [2.24, 2.45) is 0 Å². The molecule has 1 aliphatic rings. The Morgan fingerprint density at radius 1 is 1.46 bits per heavy atom. The predicted octanol–water partition coefficient (Wildman–Crippen LogP) is 0.574. The van der Waals surface area contributed by atoms with E-state index >= 15 is 0 Å². The zero-order valence-corrected chi connectivity index (χ0v) is 9.22. The fourth-order valence-electron chi connectivity index (χ4n) is 1.44. The van der Waals surface area contributed by atoms with E-state index in [9.17, 15) is 0 Å².